The lowest BCUT2D eigenvalue weighted by Gasteiger charge is -2.09. The standard InChI is InChI=1S/C16H17NO4/c1-20-13-5-2-11(3-6-13)8-9-21-15-7-4-12(16(18)19)10-14(15)17/h2-7,10H,8-9,17H2,1H3,(H,18,19). The zero-order chi connectivity index (χ0) is 15.2. The van der Waals surface area contributed by atoms with Crippen LogP contribution in [0.15, 0.2) is 42.5 Å². The van der Waals surface area contributed by atoms with E-state index in [2.05, 4.69) is 0 Å². The van der Waals surface area contributed by atoms with Crippen molar-refractivity contribution in [2.45, 2.75) is 6.42 Å². The van der Waals surface area contributed by atoms with E-state index in [1.165, 1.54) is 12.1 Å². The molecule has 21 heavy (non-hydrogen) atoms. The monoisotopic (exact) mass is 287 g/mol. The van der Waals surface area contributed by atoms with Crippen molar-refractivity contribution in [1.82, 2.24) is 0 Å². The number of benzene rings is 2. The second kappa shape index (κ2) is 6.65. The van der Waals surface area contributed by atoms with Crippen molar-refractivity contribution < 1.29 is 19.4 Å². The van der Waals surface area contributed by atoms with Crippen molar-refractivity contribution in [3.8, 4) is 11.5 Å². The Balaban J connectivity index is 1.92. The highest BCUT2D eigenvalue weighted by Gasteiger charge is 2.07. The normalized spacial score (nSPS) is 10.1. The van der Waals surface area contributed by atoms with Crippen LogP contribution in [-0.4, -0.2) is 24.8 Å². The number of carbonyl (C=O) groups is 1. The fourth-order valence-corrected chi connectivity index (χ4v) is 1.88. The van der Waals surface area contributed by atoms with E-state index < -0.39 is 5.97 Å². The molecule has 0 aliphatic carbocycles. The number of carboxylic acids is 1. The number of carboxylic acid groups (broad SMARTS) is 1. The first-order valence-electron chi connectivity index (χ1n) is 6.48. The van der Waals surface area contributed by atoms with E-state index in [4.69, 9.17) is 20.3 Å². The Kier molecular flexibility index (Phi) is 4.66. The van der Waals surface area contributed by atoms with Gasteiger partial charge < -0.3 is 20.3 Å². The summed E-state index contributed by atoms with van der Waals surface area (Å²) in [7, 11) is 1.63. The molecule has 0 fully saturated rings. The maximum Gasteiger partial charge on any atom is 0.335 e. The molecule has 0 saturated heterocycles. The Morgan fingerprint density at radius 3 is 2.48 bits per heavy atom. The highest BCUT2D eigenvalue weighted by molar-refractivity contribution is 5.89. The molecule has 0 heterocycles. The van der Waals surface area contributed by atoms with E-state index >= 15 is 0 Å². The SMILES string of the molecule is COc1ccc(CCOc2ccc(C(=O)O)cc2N)cc1. The number of hydrogen-bond acceptors (Lipinski definition) is 4. The maximum atomic E-state index is 10.8. The molecule has 0 spiro atoms. The van der Waals surface area contributed by atoms with Crippen LogP contribution in [0.2, 0.25) is 0 Å². The first-order valence-corrected chi connectivity index (χ1v) is 6.48. The first-order chi connectivity index (χ1) is 10.1. The quantitative estimate of drug-likeness (QED) is 0.798. The molecule has 0 aliphatic rings. The predicted octanol–water partition coefficient (Wildman–Crippen LogP) is 2.60. The fraction of sp³-hybridized carbons (Fsp3) is 0.188. The summed E-state index contributed by atoms with van der Waals surface area (Å²) in [6, 6.07) is 12.2. The van der Waals surface area contributed by atoms with Crippen molar-refractivity contribution in [1.29, 1.82) is 0 Å². The number of anilines is 1. The van der Waals surface area contributed by atoms with Gasteiger partial charge in [-0.1, -0.05) is 12.1 Å². The Bertz CT molecular complexity index is 623. The van der Waals surface area contributed by atoms with Gasteiger partial charge in [0.2, 0.25) is 0 Å². The topological polar surface area (TPSA) is 81.8 Å². The minimum Gasteiger partial charge on any atom is -0.497 e. The Morgan fingerprint density at radius 2 is 1.90 bits per heavy atom. The van der Waals surface area contributed by atoms with Gasteiger partial charge in [-0.3, -0.25) is 0 Å². The molecule has 2 aromatic rings. The molecule has 0 aliphatic heterocycles. The highest BCUT2D eigenvalue weighted by atomic mass is 16.5. The Morgan fingerprint density at radius 1 is 1.19 bits per heavy atom. The van der Waals surface area contributed by atoms with Crippen LogP contribution >= 0.6 is 0 Å². The predicted molar refractivity (Wildman–Crippen MR) is 80.0 cm³/mol. The van der Waals surface area contributed by atoms with E-state index in [0.717, 1.165) is 17.7 Å². The number of nitrogens with two attached hydrogens (primary N) is 1. The zero-order valence-corrected chi connectivity index (χ0v) is 11.7. The van der Waals surface area contributed by atoms with Crippen LogP contribution in [0.25, 0.3) is 0 Å². The van der Waals surface area contributed by atoms with E-state index in [0.29, 0.717) is 18.0 Å². The first kappa shape index (κ1) is 14.7. The number of ether oxygens (including phenoxy) is 2. The molecule has 3 N–H and O–H groups in total. The average Bonchev–Trinajstić information content (AvgIpc) is 2.49. The number of aromatic carboxylic acids is 1. The van der Waals surface area contributed by atoms with Gasteiger partial charge in [0, 0.05) is 6.42 Å². The van der Waals surface area contributed by atoms with Crippen LogP contribution in [0.3, 0.4) is 0 Å². The van der Waals surface area contributed by atoms with E-state index in [1.807, 2.05) is 24.3 Å². The van der Waals surface area contributed by atoms with Crippen LogP contribution in [0.4, 0.5) is 5.69 Å². The third kappa shape index (κ3) is 3.89. The Labute approximate surface area is 122 Å². The molecule has 5 heteroatoms. The van der Waals surface area contributed by atoms with Crippen molar-refractivity contribution in [3.63, 3.8) is 0 Å². The van der Waals surface area contributed by atoms with Gasteiger partial charge in [0.15, 0.2) is 0 Å². The van der Waals surface area contributed by atoms with Crippen LogP contribution in [0.1, 0.15) is 15.9 Å². The highest BCUT2D eigenvalue weighted by Crippen LogP contribution is 2.23. The maximum absolute atomic E-state index is 10.8. The van der Waals surface area contributed by atoms with Crippen molar-refractivity contribution >= 4 is 11.7 Å². The lowest BCUT2D eigenvalue weighted by molar-refractivity contribution is 0.0697. The summed E-state index contributed by atoms with van der Waals surface area (Å²) in [5, 5.41) is 8.86. The van der Waals surface area contributed by atoms with Gasteiger partial charge in [-0.25, -0.2) is 4.79 Å². The summed E-state index contributed by atoms with van der Waals surface area (Å²) < 4.78 is 10.7. The number of methoxy groups -OCH3 is 1. The molecule has 2 aromatic carbocycles. The number of rotatable bonds is 6. The number of hydrogen-bond donors (Lipinski definition) is 2. The van der Waals surface area contributed by atoms with E-state index in [1.54, 1.807) is 13.2 Å². The third-order valence-electron chi connectivity index (χ3n) is 3.06. The van der Waals surface area contributed by atoms with Gasteiger partial charge in [-0.2, -0.15) is 0 Å². The van der Waals surface area contributed by atoms with E-state index in [-0.39, 0.29) is 5.56 Å². The summed E-state index contributed by atoms with van der Waals surface area (Å²) in [5.41, 5.74) is 7.37. The zero-order valence-electron chi connectivity index (χ0n) is 11.7. The second-order valence-electron chi connectivity index (χ2n) is 4.50. The van der Waals surface area contributed by atoms with Gasteiger partial charge in [0.1, 0.15) is 11.5 Å². The molecular formula is C16H17NO4. The third-order valence-corrected chi connectivity index (χ3v) is 3.06. The molecule has 5 nitrogen and oxygen atoms in total. The molecule has 0 aromatic heterocycles. The van der Waals surface area contributed by atoms with Gasteiger partial charge >= 0.3 is 5.97 Å². The number of nitrogen functional groups attached to an aromatic ring is 1. The van der Waals surface area contributed by atoms with E-state index in [9.17, 15) is 4.79 Å². The molecule has 0 amide bonds. The molecule has 0 saturated carbocycles. The van der Waals surface area contributed by atoms with Crippen molar-refractivity contribution in [2.24, 2.45) is 0 Å². The summed E-state index contributed by atoms with van der Waals surface area (Å²) in [6.07, 6.45) is 0.726. The average molecular weight is 287 g/mol. The summed E-state index contributed by atoms with van der Waals surface area (Å²) in [4.78, 5) is 10.8. The summed E-state index contributed by atoms with van der Waals surface area (Å²) in [6.45, 7) is 0.461. The van der Waals surface area contributed by atoms with Gasteiger partial charge in [-0.05, 0) is 35.9 Å². The van der Waals surface area contributed by atoms with Crippen LogP contribution in [0, 0.1) is 0 Å². The fourth-order valence-electron chi connectivity index (χ4n) is 1.88. The van der Waals surface area contributed by atoms with Crippen LogP contribution in [-0.2, 0) is 6.42 Å². The minimum absolute atomic E-state index is 0.148. The molecule has 0 atom stereocenters. The Hall–Kier alpha value is -2.69. The lowest BCUT2D eigenvalue weighted by atomic mass is 10.1. The summed E-state index contributed by atoms with van der Waals surface area (Å²) in [5.74, 6) is 0.299. The van der Waals surface area contributed by atoms with Gasteiger partial charge in [-0.15, -0.1) is 0 Å². The molecule has 110 valence electrons. The molecular weight excluding hydrogens is 270 g/mol. The van der Waals surface area contributed by atoms with Crippen molar-refractivity contribution in [3.05, 3.63) is 53.6 Å². The molecule has 0 bridgehead atoms. The largest absolute Gasteiger partial charge is 0.497 e. The van der Waals surface area contributed by atoms with Gasteiger partial charge in [0.25, 0.3) is 0 Å². The summed E-state index contributed by atoms with van der Waals surface area (Å²) >= 11 is 0. The van der Waals surface area contributed by atoms with Crippen LogP contribution in [0.5, 0.6) is 11.5 Å². The molecule has 0 unspecified atom stereocenters. The van der Waals surface area contributed by atoms with Crippen LogP contribution < -0.4 is 15.2 Å². The van der Waals surface area contributed by atoms with Gasteiger partial charge in [0.05, 0.1) is 25.0 Å². The minimum atomic E-state index is -1.01. The molecule has 2 rings (SSSR count). The molecule has 0 radical (unpaired) electrons. The second-order valence-corrected chi connectivity index (χ2v) is 4.50. The smallest absolute Gasteiger partial charge is 0.335 e. The lowest BCUT2D eigenvalue weighted by Crippen LogP contribution is -2.05. The van der Waals surface area contributed by atoms with Crippen molar-refractivity contribution in [2.75, 3.05) is 19.5 Å².